The predicted molar refractivity (Wildman–Crippen MR) is 55.1 cm³/mol. The fourth-order valence-corrected chi connectivity index (χ4v) is 1.42. The van der Waals surface area contributed by atoms with Gasteiger partial charge in [0.1, 0.15) is 5.82 Å². The van der Waals surface area contributed by atoms with Crippen LogP contribution in [0.3, 0.4) is 0 Å². The molecule has 0 saturated carbocycles. The van der Waals surface area contributed by atoms with Crippen LogP contribution >= 0.6 is 11.6 Å². The minimum absolute atomic E-state index is 0.0881. The van der Waals surface area contributed by atoms with Gasteiger partial charge in [0, 0.05) is 12.0 Å². The third-order valence-electron chi connectivity index (χ3n) is 1.94. The SMILES string of the molecule is CC(C#N)CC(=O)c1ccc(F)cc1Cl. The largest absolute Gasteiger partial charge is 0.294 e. The summed E-state index contributed by atoms with van der Waals surface area (Å²) < 4.78 is 12.7. The zero-order chi connectivity index (χ0) is 11.4. The van der Waals surface area contributed by atoms with Gasteiger partial charge in [-0.3, -0.25) is 4.79 Å². The van der Waals surface area contributed by atoms with Gasteiger partial charge in [0.2, 0.25) is 0 Å². The Balaban J connectivity index is 2.88. The van der Waals surface area contributed by atoms with Gasteiger partial charge >= 0.3 is 0 Å². The molecule has 0 aliphatic heterocycles. The van der Waals surface area contributed by atoms with E-state index in [4.69, 9.17) is 16.9 Å². The van der Waals surface area contributed by atoms with Crippen molar-refractivity contribution < 1.29 is 9.18 Å². The number of carbonyl (C=O) groups excluding carboxylic acids is 1. The molecule has 0 amide bonds. The van der Waals surface area contributed by atoms with Crippen molar-refractivity contribution in [3.8, 4) is 6.07 Å². The summed E-state index contributed by atoms with van der Waals surface area (Å²) in [7, 11) is 0. The lowest BCUT2D eigenvalue weighted by atomic mass is 10.0. The van der Waals surface area contributed by atoms with E-state index < -0.39 is 5.82 Å². The highest BCUT2D eigenvalue weighted by molar-refractivity contribution is 6.33. The molecule has 0 aromatic heterocycles. The lowest BCUT2D eigenvalue weighted by Crippen LogP contribution is -2.05. The molecule has 1 unspecified atom stereocenters. The molecule has 15 heavy (non-hydrogen) atoms. The number of rotatable bonds is 3. The van der Waals surface area contributed by atoms with Crippen LogP contribution in [0, 0.1) is 23.1 Å². The topological polar surface area (TPSA) is 40.9 Å². The van der Waals surface area contributed by atoms with Gasteiger partial charge in [0.25, 0.3) is 0 Å². The first-order valence-electron chi connectivity index (χ1n) is 4.42. The Kier molecular flexibility index (Phi) is 3.81. The van der Waals surface area contributed by atoms with E-state index >= 15 is 0 Å². The van der Waals surface area contributed by atoms with E-state index in [1.807, 2.05) is 6.07 Å². The Morgan fingerprint density at radius 1 is 1.67 bits per heavy atom. The number of ketones is 1. The summed E-state index contributed by atoms with van der Waals surface area (Å²) in [5.74, 6) is -1.09. The number of hydrogen-bond donors (Lipinski definition) is 0. The summed E-state index contributed by atoms with van der Waals surface area (Å²) in [5.41, 5.74) is 0.264. The molecule has 0 fully saturated rings. The molecule has 78 valence electrons. The van der Waals surface area contributed by atoms with Crippen LogP contribution < -0.4 is 0 Å². The van der Waals surface area contributed by atoms with Crippen molar-refractivity contribution in [2.45, 2.75) is 13.3 Å². The van der Waals surface area contributed by atoms with Crippen molar-refractivity contribution >= 4 is 17.4 Å². The second-order valence-electron chi connectivity index (χ2n) is 3.28. The molecule has 1 aromatic rings. The molecule has 0 radical (unpaired) electrons. The van der Waals surface area contributed by atoms with Crippen LogP contribution in [-0.4, -0.2) is 5.78 Å². The van der Waals surface area contributed by atoms with Crippen molar-refractivity contribution in [3.63, 3.8) is 0 Å². The molecule has 1 aromatic carbocycles. The molecule has 2 nitrogen and oxygen atoms in total. The van der Waals surface area contributed by atoms with Crippen molar-refractivity contribution in [2.24, 2.45) is 5.92 Å². The molecule has 0 aliphatic rings. The minimum Gasteiger partial charge on any atom is -0.294 e. The van der Waals surface area contributed by atoms with E-state index in [1.165, 1.54) is 12.1 Å². The molecule has 4 heteroatoms. The van der Waals surface area contributed by atoms with Gasteiger partial charge in [0.05, 0.1) is 17.0 Å². The first-order chi connectivity index (χ1) is 7.04. The van der Waals surface area contributed by atoms with Crippen molar-refractivity contribution in [3.05, 3.63) is 34.6 Å². The third kappa shape index (κ3) is 3.03. The zero-order valence-electron chi connectivity index (χ0n) is 8.13. The maximum absolute atomic E-state index is 12.7. The second kappa shape index (κ2) is 4.90. The second-order valence-corrected chi connectivity index (χ2v) is 3.69. The highest BCUT2D eigenvalue weighted by atomic mass is 35.5. The highest BCUT2D eigenvalue weighted by Crippen LogP contribution is 2.20. The summed E-state index contributed by atoms with van der Waals surface area (Å²) in [6.07, 6.45) is 0.0991. The molecule has 0 heterocycles. The zero-order valence-corrected chi connectivity index (χ0v) is 8.88. The van der Waals surface area contributed by atoms with Gasteiger partial charge in [-0.2, -0.15) is 5.26 Å². The minimum atomic E-state index is -0.482. The molecule has 0 spiro atoms. The van der Waals surface area contributed by atoms with Crippen LogP contribution in [0.2, 0.25) is 5.02 Å². The summed E-state index contributed by atoms with van der Waals surface area (Å²) in [6.45, 7) is 1.65. The number of Topliss-reactive ketones (excluding diaryl/α,β-unsaturated/α-hetero) is 1. The van der Waals surface area contributed by atoms with Crippen LogP contribution in [0.1, 0.15) is 23.7 Å². The van der Waals surface area contributed by atoms with Crippen LogP contribution in [0.4, 0.5) is 4.39 Å². The Bertz CT molecular complexity index is 425. The molecular formula is C11H9ClFNO. The van der Waals surface area contributed by atoms with E-state index in [-0.39, 0.29) is 28.7 Å². The van der Waals surface area contributed by atoms with Gasteiger partial charge in [-0.1, -0.05) is 11.6 Å². The van der Waals surface area contributed by atoms with Crippen molar-refractivity contribution in [1.82, 2.24) is 0 Å². The molecule has 1 rings (SSSR count). The Morgan fingerprint density at radius 2 is 2.33 bits per heavy atom. The monoisotopic (exact) mass is 225 g/mol. The highest BCUT2D eigenvalue weighted by Gasteiger charge is 2.14. The molecule has 0 aliphatic carbocycles. The van der Waals surface area contributed by atoms with E-state index in [9.17, 15) is 9.18 Å². The molecular weight excluding hydrogens is 217 g/mol. The molecule has 1 atom stereocenters. The Labute approximate surface area is 92.3 Å². The standard InChI is InChI=1S/C11H9ClFNO/c1-7(6-14)4-11(15)9-3-2-8(13)5-10(9)12/h2-3,5,7H,4H2,1H3. The van der Waals surface area contributed by atoms with E-state index in [0.717, 1.165) is 6.07 Å². The number of nitriles is 1. The molecule has 0 bridgehead atoms. The average molecular weight is 226 g/mol. The number of carbonyl (C=O) groups is 1. The Hall–Kier alpha value is -1.40. The van der Waals surface area contributed by atoms with Crippen molar-refractivity contribution in [1.29, 1.82) is 5.26 Å². The predicted octanol–water partition coefficient (Wildman–Crippen LogP) is 3.21. The average Bonchev–Trinajstić information content (AvgIpc) is 2.17. The maximum Gasteiger partial charge on any atom is 0.165 e. The quantitative estimate of drug-likeness (QED) is 0.741. The summed E-state index contributed by atoms with van der Waals surface area (Å²) in [5, 5.41) is 8.64. The smallest absolute Gasteiger partial charge is 0.165 e. The Morgan fingerprint density at radius 3 is 2.87 bits per heavy atom. The third-order valence-corrected chi connectivity index (χ3v) is 2.26. The summed E-state index contributed by atoms with van der Waals surface area (Å²) >= 11 is 5.71. The van der Waals surface area contributed by atoms with Gasteiger partial charge in [-0.15, -0.1) is 0 Å². The van der Waals surface area contributed by atoms with Gasteiger partial charge < -0.3 is 0 Å². The van der Waals surface area contributed by atoms with E-state index in [2.05, 4.69) is 0 Å². The van der Waals surface area contributed by atoms with Gasteiger partial charge in [0.15, 0.2) is 5.78 Å². The van der Waals surface area contributed by atoms with Crippen LogP contribution in [0.5, 0.6) is 0 Å². The number of benzene rings is 1. The number of halogens is 2. The maximum atomic E-state index is 12.7. The molecule has 0 N–H and O–H groups in total. The van der Waals surface area contributed by atoms with Gasteiger partial charge in [-0.05, 0) is 25.1 Å². The van der Waals surface area contributed by atoms with E-state index in [1.54, 1.807) is 6.92 Å². The number of nitrogens with zero attached hydrogens (tertiary/aromatic N) is 1. The van der Waals surface area contributed by atoms with E-state index in [0.29, 0.717) is 0 Å². The lowest BCUT2D eigenvalue weighted by Gasteiger charge is -2.04. The fraction of sp³-hybridized carbons (Fsp3) is 0.273. The van der Waals surface area contributed by atoms with Crippen molar-refractivity contribution in [2.75, 3.05) is 0 Å². The number of hydrogen-bond acceptors (Lipinski definition) is 2. The van der Waals surface area contributed by atoms with Crippen LogP contribution in [0.25, 0.3) is 0 Å². The fourth-order valence-electron chi connectivity index (χ4n) is 1.15. The first-order valence-corrected chi connectivity index (χ1v) is 4.80. The van der Waals surface area contributed by atoms with Gasteiger partial charge in [-0.25, -0.2) is 4.39 Å². The summed E-state index contributed by atoms with van der Waals surface area (Å²) in [4.78, 5) is 11.6. The van der Waals surface area contributed by atoms with Crippen LogP contribution in [0.15, 0.2) is 18.2 Å². The van der Waals surface area contributed by atoms with Crippen LogP contribution in [-0.2, 0) is 0 Å². The summed E-state index contributed by atoms with van der Waals surface area (Å²) in [6, 6.07) is 5.56. The molecule has 0 saturated heterocycles. The lowest BCUT2D eigenvalue weighted by molar-refractivity contribution is 0.0973. The first kappa shape index (κ1) is 11.7. The normalized spacial score (nSPS) is 11.9.